The van der Waals surface area contributed by atoms with Crippen LogP contribution in [0.5, 0.6) is 0 Å². The van der Waals surface area contributed by atoms with E-state index in [2.05, 4.69) is 5.32 Å². The van der Waals surface area contributed by atoms with E-state index in [0.717, 1.165) is 37.9 Å². The van der Waals surface area contributed by atoms with Crippen molar-refractivity contribution in [2.24, 2.45) is 5.92 Å². The van der Waals surface area contributed by atoms with Crippen LogP contribution in [0, 0.1) is 5.92 Å². The number of Topliss-reactive ketones (excluding diaryl/α,β-unsaturated/α-hetero) is 1. The number of hydrogen-bond acceptors (Lipinski definition) is 3. The smallest absolute Gasteiger partial charge is 0.317 e. The molecule has 24 heavy (non-hydrogen) atoms. The number of carbonyl (C=O) groups is 2. The average Bonchev–Trinajstić information content (AvgIpc) is 3.17. The number of piperidine rings is 1. The zero-order valence-corrected chi connectivity index (χ0v) is 14.2. The molecular weight excluding hydrogens is 304 g/mol. The second kappa shape index (κ2) is 7.79. The lowest BCUT2D eigenvalue weighted by molar-refractivity contribution is 0.0788. The largest absolute Gasteiger partial charge is 0.376 e. The monoisotopic (exact) mass is 330 g/mol. The molecule has 1 N–H and O–H groups in total. The summed E-state index contributed by atoms with van der Waals surface area (Å²) in [5.41, 5.74) is 0.771. The predicted octanol–water partition coefficient (Wildman–Crippen LogP) is 2.86. The highest BCUT2D eigenvalue weighted by atomic mass is 16.5. The van der Waals surface area contributed by atoms with Crippen LogP contribution in [0.25, 0.3) is 0 Å². The predicted molar refractivity (Wildman–Crippen MR) is 92.0 cm³/mol. The number of benzene rings is 1. The normalized spacial score (nSPS) is 23.0. The SMILES string of the molecule is CC(NC(=O)N1CCC(C(=O)c2ccccc2)CC1)C1CCCO1. The first-order valence-electron chi connectivity index (χ1n) is 8.91. The molecule has 0 aromatic heterocycles. The second-order valence-corrected chi connectivity index (χ2v) is 6.78. The summed E-state index contributed by atoms with van der Waals surface area (Å²) in [6, 6.07) is 9.42. The van der Waals surface area contributed by atoms with Crippen molar-refractivity contribution in [2.45, 2.75) is 44.8 Å². The highest BCUT2D eigenvalue weighted by Crippen LogP contribution is 2.22. The number of ether oxygens (including phenoxy) is 1. The van der Waals surface area contributed by atoms with Crippen LogP contribution in [0.2, 0.25) is 0 Å². The minimum absolute atomic E-state index is 0.0204. The van der Waals surface area contributed by atoms with Gasteiger partial charge in [-0.3, -0.25) is 4.79 Å². The number of nitrogens with one attached hydrogen (secondary N) is 1. The molecule has 2 aliphatic rings. The average molecular weight is 330 g/mol. The van der Waals surface area contributed by atoms with Gasteiger partial charge in [-0.15, -0.1) is 0 Å². The van der Waals surface area contributed by atoms with E-state index in [9.17, 15) is 9.59 Å². The van der Waals surface area contributed by atoms with Crippen LogP contribution < -0.4 is 5.32 Å². The van der Waals surface area contributed by atoms with Crippen molar-refractivity contribution in [3.63, 3.8) is 0 Å². The highest BCUT2D eigenvalue weighted by Gasteiger charge is 2.30. The van der Waals surface area contributed by atoms with Crippen molar-refractivity contribution in [3.05, 3.63) is 35.9 Å². The van der Waals surface area contributed by atoms with Crippen LogP contribution in [0.1, 0.15) is 43.0 Å². The van der Waals surface area contributed by atoms with Gasteiger partial charge in [-0.1, -0.05) is 30.3 Å². The summed E-state index contributed by atoms with van der Waals surface area (Å²) in [4.78, 5) is 26.7. The molecule has 3 rings (SSSR count). The lowest BCUT2D eigenvalue weighted by Crippen LogP contribution is -2.50. The Kier molecular flexibility index (Phi) is 5.51. The fourth-order valence-corrected chi connectivity index (χ4v) is 3.56. The molecule has 2 saturated heterocycles. The second-order valence-electron chi connectivity index (χ2n) is 6.78. The molecule has 0 saturated carbocycles. The number of urea groups is 1. The van der Waals surface area contributed by atoms with Crippen LogP contribution in [0.4, 0.5) is 4.79 Å². The molecule has 0 aliphatic carbocycles. The Morgan fingerprint density at radius 3 is 2.50 bits per heavy atom. The molecule has 2 amide bonds. The van der Waals surface area contributed by atoms with Gasteiger partial charge in [0.15, 0.2) is 5.78 Å². The van der Waals surface area contributed by atoms with Crippen molar-refractivity contribution in [3.8, 4) is 0 Å². The molecule has 0 spiro atoms. The molecule has 2 atom stereocenters. The van der Waals surface area contributed by atoms with Crippen LogP contribution >= 0.6 is 0 Å². The third kappa shape index (κ3) is 3.96. The van der Waals surface area contributed by atoms with E-state index >= 15 is 0 Å². The Hall–Kier alpha value is -1.88. The van der Waals surface area contributed by atoms with E-state index in [1.54, 1.807) is 0 Å². The number of hydrogen-bond donors (Lipinski definition) is 1. The van der Waals surface area contributed by atoms with Gasteiger partial charge in [0.2, 0.25) is 0 Å². The summed E-state index contributed by atoms with van der Waals surface area (Å²) < 4.78 is 5.62. The summed E-state index contributed by atoms with van der Waals surface area (Å²) in [7, 11) is 0. The van der Waals surface area contributed by atoms with E-state index in [-0.39, 0.29) is 29.9 Å². The number of rotatable bonds is 4. The Morgan fingerprint density at radius 2 is 1.88 bits per heavy atom. The fraction of sp³-hybridized carbons (Fsp3) is 0.579. The van der Waals surface area contributed by atoms with E-state index in [0.29, 0.717) is 13.1 Å². The Morgan fingerprint density at radius 1 is 1.17 bits per heavy atom. The standard InChI is InChI=1S/C19H26N2O3/c1-14(17-8-5-13-24-17)20-19(23)21-11-9-16(10-12-21)18(22)15-6-3-2-4-7-15/h2-4,6-7,14,16-17H,5,8-13H2,1H3,(H,20,23). The molecular formula is C19H26N2O3. The van der Waals surface area contributed by atoms with E-state index < -0.39 is 0 Å². The summed E-state index contributed by atoms with van der Waals surface area (Å²) in [6.45, 7) is 4.05. The van der Waals surface area contributed by atoms with Gasteiger partial charge >= 0.3 is 6.03 Å². The van der Waals surface area contributed by atoms with Gasteiger partial charge in [-0.05, 0) is 32.6 Å². The van der Waals surface area contributed by atoms with Gasteiger partial charge in [0, 0.05) is 31.2 Å². The first-order chi connectivity index (χ1) is 11.6. The quantitative estimate of drug-likeness (QED) is 0.864. The van der Waals surface area contributed by atoms with E-state index in [1.807, 2.05) is 42.2 Å². The molecule has 2 heterocycles. The topological polar surface area (TPSA) is 58.6 Å². The van der Waals surface area contributed by atoms with Gasteiger partial charge in [0.05, 0.1) is 12.1 Å². The first-order valence-corrected chi connectivity index (χ1v) is 8.91. The van der Waals surface area contributed by atoms with E-state index in [4.69, 9.17) is 4.74 Å². The van der Waals surface area contributed by atoms with Crippen LogP contribution in [0.3, 0.4) is 0 Å². The van der Waals surface area contributed by atoms with Crippen molar-refractivity contribution in [1.29, 1.82) is 0 Å². The third-order valence-electron chi connectivity index (χ3n) is 5.08. The number of nitrogens with zero attached hydrogens (tertiary/aromatic N) is 1. The van der Waals surface area contributed by atoms with Gasteiger partial charge in [-0.2, -0.15) is 0 Å². The molecule has 1 aromatic carbocycles. The van der Waals surface area contributed by atoms with Crippen LogP contribution in [-0.4, -0.2) is 48.6 Å². The maximum atomic E-state index is 12.5. The molecule has 130 valence electrons. The molecule has 5 heteroatoms. The molecule has 0 radical (unpaired) electrons. The first kappa shape index (κ1) is 17.0. The fourth-order valence-electron chi connectivity index (χ4n) is 3.56. The maximum absolute atomic E-state index is 12.5. The lowest BCUT2D eigenvalue weighted by Gasteiger charge is -2.33. The van der Waals surface area contributed by atoms with Gasteiger partial charge in [-0.25, -0.2) is 4.79 Å². The Balaban J connectivity index is 1.47. The third-order valence-corrected chi connectivity index (χ3v) is 5.08. The summed E-state index contributed by atoms with van der Waals surface area (Å²) in [5, 5.41) is 3.04. The molecule has 0 bridgehead atoms. The van der Waals surface area contributed by atoms with Crippen molar-refractivity contribution < 1.29 is 14.3 Å². The Labute approximate surface area is 143 Å². The molecule has 2 aliphatic heterocycles. The number of carbonyl (C=O) groups excluding carboxylic acids is 2. The zero-order valence-electron chi connectivity index (χ0n) is 14.2. The summed E-state index contributed by atoms with van der Waals surface area (Å²) in [5.74, 6) is 0.218. The van der Waals surface area contributed by atoms with Gasteiger partial charge < -0.3 is 15.0 Å². The number of ketones is 1. The van der Waals surface area contributed by atoms with Crippen molar-refractivity contribution in [2.75, 3.05) is 19.7 Å². The van der Waals surface area contributed by atoms with Gasteiger partial charge in [0.1, 0.15) is 0 Å². The number of likely N-dealkylation sites (tertiary alicyclic amines) is 1. The van der Waals surface area contributed by atoms with Gasteiger partial charge in [0.25, 0.3) is 0 Å². The van der Waals surface area contributed by atoms with E-state index in [1.165, 1.54) is 0 Å². The van der Waals surface area contributed by atoms with Crippen LogP contribution in [0.15, 0.2) is 30.3 Å². The minimum Gasteiger partial charge on any atom is -0.376 e. The highest BCUT2D eigenvalue weighted by molar-refractivity contribution is 5.97. The number of amides is 2. The molecule has 1 aromatic rings. The van der Waals surface area contributed by atoms with Crippen molar-refractivity contribution >= 4 is 11.8 Å². The molecule has 2 fully saturated rings. The molecule has 5 nitrogen and oxygen atoms in total. The van der Waals surface area contributed by atoms with Crippen LogP contribution in [-0.2, 0) is 4.74 Å². The summed E-state index contributed by atoms with van der Waals surface area (Å²) in [6.07, 6.45) is 3.67. The van der Waals surface area contributed by atoms with Crippen molar-refractivity contribution in [1.82, 2.24) is 10.2 Å². The molecule has 2 unspecified atom stereocenters. The Bertz CT molecular complexity index is 561. The zero-order chi connectivity index (χ0) is 16.9. The lowest BCUT2D eigenvalue weighted by atomic mass is 9.89. The summed E-state index contributed by atoms with van der Waals surface area (Å²) >= 11 is 0. The maximum Gasteiger partial charge on any atom is 0.317 e. The minimum atomic E-state index is -0.0383.